The second-order valence-corrected chi connectivity index (χ2v) is 5.29. The van der Waals surface area contributed by atoms with Gasteiger partial charge in [0.05, 0.1) is 9.80 Å². The molecule has 2 N–H and O–H groups in total. The Hall–Kier alpha value is -2.74. The molecule has 1 aromatic carbocycles. The molecule has 2 amide bonds. The summed E-state index contributed by atoms with van der Waals surface area (Å²) in [5.74, 6) is -0.551. The summed E-state index contributed by atoms with van der Waals surface area (Å²) in [6, 6.07) is 9.15. The summed E-state index contributed by atoms with van der Waals surface area (Å²) >= 11 is 1.32. The third-order valence-corrected chi connectivity index (χ3v) is 3.59. The molecule has 0 aliphatic carbocycles. The van der Waals surface area contributed by atoms with Gasteiger partial charge in [0.15, 0.2) is 0 Å². The van der Waals surface area contributed by atoms with Crippen molar-refractivity contribution in [3.63, 3.8) is 0 Å². The topological polar surface area (TPSA) is 101 Å². The van der Waals surface area contributed by atoms with Crippen molar-refractivity contribution in [3.8, 4) is 0 Å². The van der Waals surface area contributed by atoms with Gasteiger partial charge in [-0.15, -0.1) is 11.3 Å². The van der Waals surface area contributed by atoms with Crippen molar-refractivity contribution in [2.24, 2.45) is 0 Å². The molecule has 8 heteroatoms. The number of hydrogen-bond donors (Lipinski definition) is 2. The van der Waals surface area contributed by atoms with Gasteiger partial charge in [0.1, 0.15) is 0 Å². The van der Waals surface area contributed by atoms with E-state index in [2.05, 4.69) is 10.6 Å². The van der Waals surface area contributed by atoms with Crippen LogP contribution in [0, 0.1) is 10.1 Å². The van der Waals surface area contributed by atoms with Crippen LogP contribution < -0.4 is 10.6 Å². The van der Waals surface area contributed by atoms with Crippen LogP contribution in [-0.4, -0.2) is 23.3 Å². The van der Waals surface area contributed by atoms with Crippen LogP contribution in [-0.2, 0) is 4.79 Å². The van der Waals surface area contributed by atoms with E-state index in [0.29, 0.717) is 10.6 Å². The van der Waals surface area contributed by atoms with E-state index in [-0.39, 0.29) is 30.5 Å². The zero-order chi connectivity index (χ0) is 15.9. The largest absolute Gasteiger partial charge is 0.351 e. The molecule has 2 rings (SSSR count). The number of non-ortho nitro benzene ring substituents is 1. The highest BCUT2D eigenvalue weighted by Crippen LogP contribution is 2.17. The van der Waals surface area contributed by atoms with Crippen LogP contribution in [0.25, 0.3) is 0 Å². The number of carbonyl (C=O) groups excluding carboxylic acids is 2. The van der Waals surface area contributed by atoms with Crippen molar-refractivity contribution in [3.05, 3.63) is 56.8 Å². The zero-order valence-corrected chi connectivity index (χ0v) is 12.3. The number of rotatable bonds is 6. The number of hydrogen-bond acceptors (Lipinski definition) is 5. The number of anilines is 1. The Morgan fingerprint density at radius 1 is 1.23 bits per heavy atom. The van der Waals surface area contributed by atoms with E-state index < -0.39 is 4.92 Å². The number of amides is 2. The molecule has 0 aliphatic heterocycles. The molecule has 0 saturated carbocycles. The normalized spacial score (nSPS) is 10.0. The third kappa shape index (κ3) is 4.38. The Balaban J connectivity index is 1.79. The van der Waals surface area contributed by atoms with Crippen LogP contribution in [0.3, 0.4) is 0 Å². The van der Waals surface area contributed by atoms with Crippen LogP contribution in [0.2, 0.25) is 0 Å². The van der Waals surface area contributed by atoms with Gasteiger partial charge in [-0.1, -0.05) is 12.1 Å². The lowest BCUT2D eigenvalue weighted by atomic mass is 10.2. The lowest BCUT2D eigenvalue weighted by Gasteiger charge is -2.06. The number of nitro benzene ring substituents is 1. The van der Waals surface area contributed by atoms with Gasteiger partial charge in [-0.25, -0.2) is 0 Å². The van der Waals surface area contributed by atoms with Gasteiger partial charge in [0.25, 0.3) is 11.6 Å². The van der Waals surface area contributed by atoms with Crippen molar-refractivity contribution in [1.82, 2.24) is 5.32 Å². The Labute approximate surface area is 130 Å². The first-order valence-electron chi connectivity index (χ1n) is 6.42. The number of carbonyl (C=O) groups is 2. The molecule has 0 spiro atoms. The van der Waals surface area contributed by atoms with Gasteiger partial charge < -0.3 is 10.6 Å². The van der Waals surface area contributed by atoms with Gasteiger partial charge in [0.2, 0.25) is 5.91 Å². The maximum absolute atomic E-state index is 11.7. The predicted molar refractivity (Wildman–Crippen MR) is 83.0 cm³/mol. The summed E-state index contributed by atoms with van der Waals surface area (Å²) in [5, 5.41) is 17.6. The van der Waals surface area contributed by atoms with Gasteiger partial charge in [-0.3, -0.25) is 19.7 Å². The number of nitrogens with zero attached hydrogens (tertiary/aromatic N) is 1. The Morgan fingerprint density at radius 3 is 2.73 bits per heavy atom. The van der Waals surface area contributed by atoms with Gasteiger partial charge in [-0.2, -0.15) is 0 Å². The minimum Gasteiger partial charge on any atom is -0.351 e. The Kier molecular flexibility index (Phi) is 5.21. The molecule has 0 bridgehead atoms. The molecule has 7 nitrogen and oxygen atoms in total. The van der Waals surface area contributed by atoms with Crippen molar-refractivity contribution in [1.29, 1.82) is 0 Å². The molecular weight excluding hydrogens is 306 g/mol. The Bertz CT molecular complexity index is 685. The van der Waals surface area contributed by atoms with Crippen LogP contribution in [0.4, 0.5) is 11.4 Å². The zero-order valence-electron chi connectivity index (χ0n) is 11.4. The smallest absolute Gasteiger partial charge is 0.271 e. The lowest BCUT2D eigenvalue weighted by molar-refractivity contribution is -0.384. The first-order valence-corrected chi connectivity index (χ1v) is 7.30. The standard InChI is InChI=1S/C14H13N3O4S/c18-13(6-7-15-14(19)12-5-2-8-22-12)16-10-3-1-4-11(9-10)17(20)21/h1-5,8-9H,6-7H2,(H,15,19)(H,16,18). The van der Waals surface area contributed by atoms with E-state index in [1.54, 1.807) is 23.6 Å². The summed E-state index contributed by atoms with van der Waals surface area (Å²) in [4.78, 5) is 34.1. The average Bonchev–Trinajstić information content (AvgIpc) is 3.01. The highest BCUT2D eigenvalue weighted by Gasteiger charge is 2.09. The SMILES string of the molecule is O=C(CCNC(=O)c1cccs1)Nc1cccc([N+](=O)[O-])c1. The predicted octanol–water partition coefficient (Wildman–Crippen LogP) is 2.41. The molecular formula is C14H13N3O4S. The second kappa shape index (κ2) is 7.32. The molecule has 1 aromatic heterocycles. The van der Waals surface area contributed by atoms with Crippen molar-refractivity contribution in [2.75, 3.05) is 11.9 Å². The highest BCUT2D eigenvalue weighted by atomic mass is 32.1. The molecule has 114 valence electrons. The van der Waals surface area contributed by atoms with Crippen molar-refractivity contribution in [2.45, 2.75) is 6.42 Å². The average molecular weight is 319 g/mol. The first kappa shape index (κ1) is 15.6. The van der Waals surface area contributed by atoms with Crippen LogP contribution >= 0.6 is 11.3 Å². The third-order valence-electron chi connectivity index (χ3n) is 2.72. The molecule has 0 fully saturated rings. The fourth-order valence-corrected chi connectivity index (χ4v) is 2.35. The molecule has 0 aliphatic rings. The number of nitrogens with one attached hydrogen (secondary N) is 2. The fourth-order valence-electron chi connectivity index (χ4n) is 1.71. The van der Waals surface area contributed by atoms with Crippen LogP contribution in [0.1, 0.15) is 16.1 Å². The summed E-state index contributed by atoms with van der Waals surface area (Å²) in [6.45, 7) is 0.192. The maximum Gasteiger partial charge on any atom is 0.271 e. The monoisotopic (exact) mass is 319 g/mol. The summed E-state index contributed by atoms with van der Waals surface area (Å²) in [6.07, 6.45) is 0.0831. The molecule has 0 saturated heterocycles. The molecule has 0 unspecified atom stereocenters. The molecule has 22 heavy (non-hydrogen) atoms. The fraction of sp³-hybridized carbons (Fsp3) is 0.143. The number of thiophene rings is 1. The summed E-state index contributed by atoms with van der Waals surface area (Å²) in [7, 11) is 0. The van der Waals surface area contributed by atoms with E-state index in [1.165, 1.54) is 29.5 Å². The van der Waals surface area contributed by atoms with Gasteiger partial charge in [-0.05, 0) is 17.5 Å². The molecule has 2 aromatic rings. The first-order chi connectivity index (χ1) is 10.6. The van der Waals surface area contributed by atoms with E-state index in [9.17, 15) is 19.7 Å². The van der Waals surface area contributed by atoms with Crippen LogP contribution in [0.5, 0.6) is 0 Å². The molecule has 1 heterocycles. The minimum absolute atomic E-state index is 0.0831. The van der Waals surface area contributed by atoms with E-state index in [4.69, 9.17) is 0 Å². The highest BCUT2D eigenvalue weighted by molar-refractivity contribution is 7.12. The van der Waals surface area contributed by atoms with Crippen LogP contribution in [0.15, 0.2) is 41.8 Å². The minimum atomic E-state index is -0.531. The molecule has 0 atom stereocenters. The second-order valence-electron chi connectivity index (χ2n) is 4.34. The van der Waals surface area contributed by atoms with Crippen molar-refractivity contribution >= 4 is 34.5 Å². The van der Waals surface area contributed by atoms with Gasteiger partial charge in [0, 0.05) is 30.8 Å². The quantitative estimate of drug-likeness (QED) is 0.630. The van der Waals surface area contributed by atoms with Gasteiger partial charge >= 0.3 is 0 Å². The maximum atomic E-state index is 11.7. The lowest BCUT2D eigenvalue weighted by Crippen LogP contribution is -2.27. The Morgan fingerprint density at radius 2 is 2.05 bits per heavy atom. The van der Waals surface area contributed by atoms with E-state index >= 15 is 0 Å². The van der Waals surface area contributed by atoms with E-state index in [0.717, 1.165) is 0 Å². The molecule has 0 radical (unpaired) electrons. The van der Waals surface area contributed by atoms with Crippen molar-refractivity contribution < 1.29 is 14.5 Å². The van der Waals surface area contributed by atoms with E-state index in [1.807, 2.05) is 0 Å². The summed E-state index contributed by atoms with van der Waals surface area (Å²) < 4.78 is 0. The number of nitro groups is 1. The number of benzene rings is 1. The summed E-state index contributed by atoms with van der Waals surface area (Å²) in [5.41, 5.74) is 0.257.